The van der Waals surface area contributed by atoms with Crippen molar-refractivity contribution in [2.75, 3.05) is 5.32 Å². The molecule has 0 aliphatic rings. The molecule has 2 rings (SSSR count). The van der Waals surface area contributed by atoms with E-state index in [2.05, 4.69) is 24.1 Å². The zero-order valence-electron chi connectivity index (χ0n) is 11.3. The van der Waals surface area contributed by atoms with Gasteiger partial charge in [0.15, 0.2) is 0 Å². The first kappa shape index (κ1) is 15.2. The van der Waals surface area contributed by atoms with Crippen molar-refractivity contribution in [2.24, 2.45) is 5.73 Å². The molecule has 20 heavy (non-hydrogen) atoms. The Bertz CT molecular complexity index is 625. The van der Waals surface area contributed by atoms with E-state index in [1.165, 1.54) is 4.88 Å². The Kier molecular flexibility index (Phi) is 4.96. The molecule has 0 aliphatic heterocycles. The normalized spacial score (nSPS) is 12.2. The molecule has 1 atom stereocenters. The fourth-order valence-corrected chi connectivity index (χ4v) is 2.99. The quantitative estimate of drug-likeness (QED) is 0.810. The average Bonchev–Trinajstić information content (AvgIpc) is 2.89. The van der Waals surface area contributed by atoms with E-state index in [9.17, 15) is 0 Å². The van der Waals surface area contributed by atoms with Gasteiger partial charge in [-0.25, -0.2) is 4.98 Å². The van der Waals surface area contributed by atoms with Crippen molar-refractivity contribution in [1.29, 1.82) is 0 Å². The Morgan fingerprint density at radius 2 is 2.30 bits per heavy atom. The summed E-state index contributed by atoms with van der Waals surface area (Å²) >= 11 is 12.9. The van der Waals surface area contributed by atoms with Gasteiger partial charge in [-0.3, -0.25) is 0 Å². The minimum absolute atomic E-state index is 0.105. The first-order valence-corrected chi connectivity index (χ1v) is 7.92. The summed E-state index contributed by atoms with van der Waals surface area (Å²) in [5, 5.41) is 5.02. The van der Waals surface area contributed by atoms with E-state index in [0.717, 1.165) is 22.7 Å². The smallest absolute Gasteiger partial charge is 0.115 e. The standard InChI is InChI=1S/C14H16ClN3S2/c1-3-10-7-17-14(20-10)8(2)18-12-5-4-9(13(16)19)6-11(12)15/h4-8,18H,3H2,1-2H3,(H2,16,19). The van der Waals surface area contributed by atoms with Gasteiger partial charge in [0, 0.05) is 16.6 Å². The fraction of sp³-hybridized carbons (Fsp3) is 0.286. The highest BCUT2D eigenvalue weighted by molar-refractivity contribution is 7.80. The van der Waals surface area contributed by atoms with Crippen LogP contribution < -0.4 is 11.1 Å². The molecule has 1 heterocycles. The van der Waals surface area contributed by atoms with Gasteiger partial charge in [-0.05, 0) is 31.5 Å². The van der Waals surface area contributed by atoms with E-state index >= 15 is 0 Å². The van der Waals surface area contributed by atoms with Crippen LogP contribution >= 0.6 is 35.2 Å². The predicted octanol–water partition coefficient (Wildman–Crippen LogP) is 4.17. The first-order chi connectivity index (χ1) is 9.51. The second-order valence-electron chi connectivity index (χ2n) is 4.44. The fourth-order valence-electron chi connectivity index (χ4n) is 1.77. The SMILES string of the molecule is CCc1cnc(C(C)Nc2ccc(C(N)=S)cc2Cl)s1. The van der Waals surface area contributed by atoms with Crippen LogP contribution in [0.15, 0.2) is 24.4 Å². The number of nitrogens with zero attached hydrogens (tertiary/aromatic N) is 1. The second kappa shape index (κ2) is 6.52. The van der Waals surface area contributed by atoms with Crippen LogP contribution in [-0.4, -0.2) is 9.97 Å². The Morgan fingerprint density at radius 1 is 1.55 bits per heavy atom. The Hall–Kier alpha value is -1.17. The molecule has 1 aromatic carbocycles. The topological polar surface area (TPSA) is 50.9 Å². The van der Waals surface area contributed by atoms with Crippen molar-refractivity contribution >= 4 is 45.8 Å². The third-order valence-corrected chi connectivity index (χ3v) is 4.79. The maximum atomic E-state index is 6.24. The van der Waals surface area contributed by atoms with Crippen molar-refractivity contribution in [3.05, 3.63) is 44.9 Å². The number of hydrogen-bond donors (Lipinski definition) is 2. The number of nitrogens with two attached hydrogens (primary N) is 1. The van der Waals surface area contributed by atoms with Gasteiger partial charge in [-0.1, -0.05) is 30.7 Å². The lowest BCUT2D eigenvalue weighted by Gasteiger charge is -2.14. The van der Waals surface area contributed by atoms with Crippen LogP contribution in [0.2, 0.25) is 5.02 Å². The van der Waals surface area contributed by atoms with Crippen molar-refractivity contribution in [3.8, 4) is 0 Å². The number of rotatable bonds is 5. The average molecular weight is 326 g/mol. The number of thiocarbonyl (C=S) groups is 1. The molecule has 0 spiro atoms. The summed E-state index contributed by atoms with van der Waals surface area (Å²) in [6.07, 6.45) is 2.93. The summed E-state index contributed by atoms with van der Waals surface area (Å²) in [5.41, 5.74) is 7.21. The second-order valence-corrected chi connectivity index (χ2v) is 6.44. The Morgan fingerprint density at radius 3 is 2.85 bits per heavy atom. The number of halogens is 1. The minimum Gasteiger partial charge on any atom is -0.389 e. The van der Waals surface area contributed by atoms with Crippen LogP contribution in [0.5, 0.6) is 0 Å². The molecule has 2 aromatic rings. The molecule has 0 bridgehead atoms. The molecular formula is C14H16ClN3S2. The summed E-state index contributed by atoms with van der Waals surface area (Å²) in [6.45, 7) is 4.19. The van der Waals surface area contributed by atoms with Gasteiger partial charge in [-0.2, -0.15) is 0 Å². The molecule has 1 unspecified atom stereocenters. The molecule has 3 nitrogen and oxygen atoms in total. The number of nitrogens with one attached hydrogen (secondary N) is 1. The van der Waals surface area contributed by atoms with E-state index in [0.29, 0.717) is 10.0 Å². The summed E-state index contributed by atoms with van der Waals surface area (Å²) in [7, 11) is 0. The maximum absolute atomic E-state index is 6.24. The molecule has 6 heteroatoms. The van der Waals surface area contributed by atoms with Crippen molar-refractivity contribution in [3.63, 3.8) is 0 Å². The van der Waals surface area contributed by atoms with Crippen LogP contribution in [0.25, 0.3) is 0 Å². The zero-order chi connectivity index (χ0) is 14.7. The Labute approximate surface area is 133 Å². The minimum atomic E-state index is 0.105. The summed E-state index contributed by atoms with van der Waals surface area (Å²) < 4.78 is 0. The van der Waals surface area contributed by atoms with Crippen LogP contribution in [0.3, 0.4) is 0 Å². The molecule has 0 saturated heterocycles. The van der Waals surface area contributed by atoms with Gasteiger partial charge >= 0.3 is 0 Å². The molecule has 0 aliphatic carbocycles. The van der Waals surface area contributed by atoms with Gasteiger partial charge in [-0.15, -0.1) is 11.3 Å². The van der Waals surface area contributed by atoms with Gasteiger partial charge in [0.05, 0.1) is 16.8 Å². The third kappa shape index (κ3) is 3.48. The van der Waals surface area contributed by atoms with Crippen molar-refractivity contribution < 1.29 is 0 Å². The number of thiazole rings is 1. The molecule has 0 amide bonds. The van der Waals surface area contributed by atoms with Crippen LogP contribution in [0.1, 0.15) is 35.3 Å². The van der Waals surface area contributed by atoms with Crippen LogP contribution in [-0.2, 0) is 6.42 Å². The van der Waals surface area contributed by atoms with Gasteiger partial charge < -0.3 is 11.1 Å². The summed E-state index contributed by atoms with van der Waals surface area (Å²) in [5.74, 6) is 0. The highest BCUT2D eigenvalue weighted by Crippen LogP contribution is 2.29. The van der Waals surface area contributed by atoms with Crippen LogP contribution in [0.4, 0.5) is 5.69 Å². The van der Waals surface area contributed by atoms with Gasteiger partial charge in [0.25, 0.3) is 0 Å². The first-order valence-electron chi connectivity index (χ1n) is 6.31. The van der Waals surface area contributed by atoms with Crippen molar-refractivity contribution in [1.82, 2.24) is 4.98 Å². The van der Waals surface area contributed by atoms with Gasteiger partial charge in [0.1, 0.15) is 10.00 Å². The van der Waals surface area contributed by atoms with E-state index < -0.39 is 0 Å². The molecule has 106 valence electrons. The van der Waals surface area contributed by atoms with Crippen molar-refractivity contribution in [2.45, 2.75) is 26.3 Å². The molecule has 1 aromatic heterocycles. The molecule has 3 N–H and O–H groups in total. The number of aryl methyl sites for hydroxylation is 1. The molecular weight excluding hydrogens is 310 g/mol. The molecule has 0 radical (unpaired) electrons. The molecule has 0 saturated carbocycles. The van der Waals surface area contributed by atoms with E-state index in [4.69, 9.17) is 29.6 Å². The third-order valence-electron chi connectivity index (χ3n) is 2.92. The molecule has 0 fully saturated rings. The summed E-state index contributed by atoms with van der Waals surface area (Å²) in [4.78, 5) is 6.06. The highest BCUT2D eigenvalue weighted by atomic mass is 35.5. The van der Waals surface area contributed by atoms with Gasteiger partial charge in [0.2, 0.25) is 0 Å². The predicted molar refractivity (Wildman–Crippen MR) is 90.9 cm³/mol. The zero-order valence-corrected chi connectivity index (χ0v) is 13.7. The van der Waals surface area contributed by atoms with E-state index in [1.807, 2.05) is 18.3 Å². The number of anilines is 1. The lowest BCUT2D eigenvalue weighted by atomic mass is 10.2. The monoisotopic (exact) mass is 325 g/mol. The lowest BCUT2D eigenvalue weighted by Crippen LogP contribution is -2.10. The van der Waals surface area contributed by atoms with E-state index in [1.54, 1.807) is 17.4 Å². The van der Waals surface area contributed by atoms with Crippen LogP contribution in [0, 0.1) is 0 Å². The highest BCUT2D eigenvalue weighted by Gasteiger charge is 2.12. The Balaban J connectivity index is 2.15. The largest absolute Gasteiger partial charge is 0.389 e. The summed E-state index contributed by atoms with van der Waals surface area (Å²) in [6, 6.07) is 5.64. The lowest BCUT2D eigenvalue weighted by molar-refractivity contribution is 0.869. The number of benzene rings is 1. The maximum Gasteiger partial charge on any atom is 0.115 e. The van der Waals surface area contributed by atoms with E-state index in [-0.39, 0.29) is 6.04 Å². The number of aromatic nitrogens is 1. The number of hydrogen-bond acceptors (Lipinski definition) is 4.